The Bertz CT molecular complexity index is 556. The molecule has 114 valence electrons. The van der Waals surface area contributed by atoms with Crippen LogP contribution in [-0.2, 0) is 9.59 Å². The molecule has 1 atom stereocenters. The molecule has 1 rings (SSSR count). The number of hydrogen-bond acceptors (Lipinski definition) is 2. The molecule has 6 heteroatoms. The highest BCUT2D eigenvalue weighted by Crippen LogP contribution is 2.23. The normalized spacial score (nSPS) is 12.6. The summed E-state index contributed by atoms with van der Waals surface area (Å²) in [6, 6.07) is 4.06. The molecule has 0 radical (unpaired) electrons. The minimum atomic E-state index is -1.04. The van der Waals surface area contributed by atoms with Crippen LogP contribution in [0.2, 0.25) is 10.0 Å². The summed E-state index contributed by atoms with van der Waals surface area (Å²) in [5, 5.41) is 12.3. The fourth-order valence-electron chi connectivity index (χ4n) is 1.70. The van der Waals surface area contributed by atoms with Crippen molar-refractivity contribution >= 4 is 41.2 Å². The number of carbonyl (C=O) groups excluding carboxylic acids is 1. The van der Waals surface area contributed by atoms with Crippen LogP contribution in [0.15, 0.2) is 24.3 Å². The number of hydrogen-bond donors (Lipinski definition) is 2. The van der Waals surface area contributed by atoms with Crippen molar-refractivity contribution in [2.45, 2.75) is 26.3 Å². The Morgan fingerprint density at radius 1 is 1.29 bits per heavy atom. The zero-order valence-corrected chi connectivity index (χ0v) is 13.3. The lowest BCUT2D eigenvalue weighted by atomic mass is 10.0. The second kappa shape index (κ2) is 8.05. The summed E-state index contributed by atoms with van der Waals surface area (Å²) in [5.41, 5.74) is 0.704. The number of amides is 1. The maximum absolute atomic E-state index is 11.7. The summed E-state index contributed by atoms with van der Waals surface area (Å²) in [7, 11) is 0. The van der Waals surface area contributed by atoms with E-state index in [4.69, 9.17) is 28.3 Å². The average molecular weight is 330 g/mol. The molecule has 1 aromatic carbocycles. The molecule has 0 bridgehead atoms. The molecule has 0 saturated carbocycles. The first-order valence-electron chi connectivity index (χ1n) is 6.46. The van der Waals surface area contributed by atoms with E-state index in [1.807, 2.05) is 13.8 Å². The van der Waals surface area contributed by atoms with Crippen molar-refractivity contribution in [1.82, 2.24) is 5.32 Å². The van der Waals surface area contributed by atoms with Crippen LogP contribution in [0.1, 0.15) is 25.8 Å². The Morgan fingerprint density at radius 3 is 2.48 bits per heavy atom. The molecule has 0 fully saturated rings. The van der Waals surface area contributed by atoms with Gasteiger partial charge >= 0.3 is 5.97 Å². The van der Waals surface area contributed by atoms with Crippen molar-refractivity contribution in [1.29, 1.82) is 0 Å². The molecule has 1 amide bonds. The number of carboxylic acid groups (broad SMARTS) is 1. The molecule has 0 spiro atoms. The van der Waals surface area contributed by atoms with Gasteiger partial charge in [0, 0.05) is 6.08 Å². The number of benzene rings is 1. The predicted molar refractivity (Wildman–Crippen MR) is 84.5 cm³/mol. The minimum absolute atomic E-state index is 0.172. The van der Waals surface area contributed by atoms with Gasteiger partial charge in [-0.15, -0.1) is 0 Å². The van der Waals surface area contributed by atoms with Gasteiger partial charge in [-0.05, 0) is 36.1 Å². The third-order valence-corrected chi connectivity index (χ3v) is 3.43. The van der Waals surface area contributed by atoms with Crippen molar-refractivity contribution < 1.29 is 14.7 Å². The maximum atomic E-state index is 11.7. The topological polar surface area (TPSA) is 66.4 Å². The highest BCUT2D eigenvalue weighted by Gasteiger charge is 2.19. The van der Waals surface area contributed by atoms with Gasteiger partial charge in [0.05, 0.1) is 10.0 Å². The van der Waals surface area contributed by atoms with E-state index in [0.717, 1.165) is 0 Å². The molecule has 0 aliphatic carbocycles. The van der Waals surface area contributed by atoms with Crippen molar-refractivity contribution in [2.75, 3.05) is 0 Å². The fraction of sp³-hybridized carbons (Fsp3) is 0.333. The van der Waals surface area contributed by atoms with Crippen LogP contribution in [0.4, 0.5) is 0 Å². The van der Waals surface area contributed by atoms with E-state index >= 15 is 0 Å². The van der Waals surface area contributed by atoms with Gasteiger partial charge in [-0.1, -0.05) is 43.1 Å². The van der Waals surface area contributed by atoms with E-state index < -0.39 is 17.9 Å². The number of nitrogens with one attached hydrogen (secondary N) is 1. The molecule has 0 aromatic heterocycles. The van der Waals surface area contributed by atoms with Crippen LogP contribution in [0, 0.1) is 5.92 Å². The predicted octanol–water partition coefficient (Wildman–Crippen LogP) is 3.62. The molecule has 2 N–H and O–H groups in total. The van der Waals surface area contributed by atoms with Gasteiger partial charge in [-0.25, -0.2) is 4.79 Å². The molecular formula is C15H17Cl2NO3. The first-order chi connectivity index (χ1) is 9.79. The van der Waals surface area contributed by atoms with Crippen LogP contribution >= 0.6 is 23.2 Å². The first-order valence-corrected chi connectivity index (χ1v) is 7.21. The zero-order valence-electron chi connectivity index (χ0n) is 11.8. The van der Waals surface area contributed by atoms with E-state index in [-0.39, 0.29) is 5.92 Å². The largest absolute Gasteiger partial charge is 0.480 e. The average Bonchev–Trinajstić information content (AvgIpc) is 2.38. The van der Waals surface area contributed by atoms with E-state index in [2.05, 4.69) is 5.32 Å². The molecule has 0 heterocycles. The van der Waals surface area contributed by atoms with Gasteiger partial charge in [0.15, 0.2) is 0 Å². The smallest absolute Gasteiger partial charge is 0.326 e. The first kappa shape index (κ1) is 17.5. The van der Waals surface area contributed by atoms with Gasteiger partial charge in [0.2, 0.25) is 5.91 Å². The summed E-state index contributed by atoms with van der Waals surface area (Å²) >= 11 is 11.7. The monoisotopic (exact) mass is 329 g/mol. The third-order valence-electron chi connectivity index (χ3n) is 2.69. The van der Waals surface area contributed by atoms with Crippen molar-refractivity contribution in [3.63, 3.8) is 0 Å². The molecule has 1 aromatic rings. The molecular weight excluding hydrogens is 313 g/mol. The van der Waals surface area contributed by atoms with E-state index in [0.29, 0.717) is 22.0 Å². The Hall–Kier alpha value is -1.52. The van der Waals surface area contributed by atoms with Gasteiger partial charge in [-0.3, -0.25) is 4.79 Å². The zero-order chi connectivity index (χ0) is 16.0. The van der Waals surface area contributed by atoms with Gasteiger partial charge < -0.3 is 10.4 Å². The minimum Gasteiger partial charge on any atom is -0.480 e. The quantitative estimate of drug-likeness (QED) is 0.783. The van der Waals surface area contributed by atoms with E-state index in [9.17, 15) is 9.59 Å². The lowest BCUT2D eigenvalue weighted by Gasteiger charge is -2.15. The lowest BCUT2D eigenvalue weighted by Crippen LogP contribution is -2.40. The summed E-state index contributed by atoms with van der Waals surface area (Å²) < 4.78 is 0. The number of carboxylic acids is 1. The number of carbonyl (C=O) groups is 2. The summed E-state index contributed by atoms with van der Waals surface area (Å²) in [5.74, 6) is -1.33. The SMILES string of the molecule is CC(C)CC(NC(=O)/C=C/c1ccc(Cl)c(Cl)c1)C(=O)O. The number of rotatable bonds is 6. The molecule has 0 saturated heterocycles. The molecule has 21 heavy (non-hydrogen) atoms. The third kappa shape index (κ3) is 6.19. The second-order valence-corrected chi connectivity index (χ2v) is 5.85. The summed E-state index contributed by atoms with van der Waals surface area (Å²) in [6.45, 7) is 3.79. The van der Waals surface area contributed by atoms with E-state index in [1.165, 1.54) is 6.08 Å². The Morgan fingerprint density at radius 2 is 1.95 bits per heavy atom. The van der Waals surface area contributed by atoms with Crippen molar-refractivity contribution in [3.8, 4) is 0 Å². The second-order valence-electron chi connectivity index (χ2n) is 5.04. The van der Waals surface area contributed by atoms with Crippen LogP contribution in [0.5, 0.6) is 0 Å². The number of halogens is 2. The van der Waals surface area contributed by atoms with Crippen LogP contribution in [0.3, 0.4) is 0 Å². The highest BCUT2D eigenvalue weighted by atomic mass is 35.5. The van der Waals surface area contributed by atoms with Crippen LogP contribution < -0.4 is 5.32 Å². The van der Waals surface area contributed by atoms with Crippen molar-refractivity contribution in [2.24, 2.45) is 5.92 Å². The maximum Gasteiger partial charge on any atom is 0.326 e. The van der Waals surface area contributed by atoms with Gasteiger partial charge in [-0.2, -0.15) is 0 Å². The lowest BCUT2D eigenvalue weighted by molar-refractivity contribution is -0.141. The molecule has 1 unspecified atom stereocenters. The Balaban J connectivity index is 2.68. The van der Waals surface area contributed by atoms with Crippen molar-refractivity contribution in [3.05, 3.63) is 39.9 Å². The van der Waals surface area contributed by atoms with Gasteiger partial charge in [0.1, 0.15) is 6.04 Å². The molecule has 0 aliphatic heterocycles. The fourth-order valence-corrected chi connectivity index (χ4v) is 2.01. The van der Waals surface area contributed by atoms with Crippen LogP contribution in [-0.4, -0.2) is 23.0 Å². The standard InChI is InChI=1S/C15H17Cl2NO3/c1-9(2)7-13(15(20)21)18-14(19)6-4-10-3-5-11(16)12(17)8-10/h3-6,8-9,13H,7H2,1-2H3,(H,18,19)(H,20,21)/b6-4+. The highest BCUT2D eigenvalue weighted by molar-refractivity contribution is 6.42. The number of aliphatic carboxylic acids is 1. The van der Waals surface area contributed by atoms with Gasteiger partial charge in [0.25, 0.3) is 0 Å². The Labute approximate surface area is 133 Å². The van der Waals surface area contributed by atoms with Crippen LogP contribution in [0.25, 0.3) is 6.08 Å². The molecule has 4 nitrogen and oxygen atoms in total. The molecule has 0 aliphatic rings. The summed E-state index contributed by atoms with van der Waals surface area (Å²) in [4.78, 5) is 22.8. The van der Waals surface area contributed by atoms with E-state index in [1.54, 1.807) is 24.3 Å². The summed E-state index contributed by atoms with van der Waals surface area (Å²) in [6.07, 6.45) is 3.20. The Kier molecular flexibility index (Phi) is 6.72.